The van der Waals surface area contributed by atoms with E-state index in [1.165, 1.54) is 20.3 Å². The van der Waals surface area contributed by atoms with Crippen LogP contribution in [0, 0.1) is 39.9 Å². The van der Waals surface area contributed by atoms with Crippen LogP contribution in [0.15, 0.2) is 0 Å². The van der Waals surface area contributed by atoms with Gasteiger partial charge in [-0.05, 0) is 54.8 Å². The molecule has 0 radical (unpaired) electrons. The topological polar surface area (TPSA) is 78.9 Å². The van der Waals surface area contributed by atoms with Crippen LogP contribution < -0.4 is 0 Å². The van der Waals surface area contributed by atoms with Gasteiger partial charge in [0, 0.05) is 19.8 Å². The van der Waals surface area contributed by atoms with Gasteiger partial charge in [-0.2, -0.15) is 0 Å². The van der Waals surface area contributed by atoms with Crippen molar-refractivity contribution in [2.45, 2.75) is 79.2 Å². The summed E-state index contributed by atoms with van der Waals surface area (Å²) in [7, 11) is 0. The van der Waals surface area contributed by atoms with Gasteiger partial charge >= 0.3 is 17.9 Å². The fraction of sp³-hybridized carbons (Fsp3) is 0.875. The van der Waals surface area contributed by atoms with Gasteiger partial charge in [0.05, 0.1) is 17.9 Å². The summed E-state index contributed by atoms with van der Waals surface area (Å²) in [5, 5.41) is 0. The van der Waals surface area contributed by atoms with E-state index in [1.54, 1.807) is 0 Å². The Labute approximate surface area is 179 Å². The lowest BCUT2D eigenvalue weighted by atomic mass is 9.38. The highest BCUT2D eigenvalue weighted by molar-refractivity contribution is 5.75. The summed E-state index contributed by atoms with van der Waals surface area (Å²) in [4.78, 5) is 36.6. The summed E-state index contributed by atoms with van der Waals surface area (Å²) < 4.78 is 17.2. The van der Waals surface area contributed by atoms with E-state index < -0.39 is 5.41 Å². The molecular formula is C24H36O6. The Morgan fingerprint density at radius 2 is 1.80 bits per heavy atom. The summed E-state index contributed by atoms with van der Waals surface area (Å²) in [5.74, 6) is -0.477. The molecule has 1 heterocycles. The van der Waals surface area contributed by atoms with Crippen LogP contribution in [-0.4, -0.2) is 37.2 Å². The first-order chi connectivity index (χ1) is 14.0. The first kappa shape index (κ1) is 21.6. The predicted molar refractivity (Wildman–Crippen MR) is 109 cm³/mol. The van der Waals surface area contributed by atoms with Gasteiger partial charge < -0.3 is 14.2 Å². The van der Waals surface area contributed by atoms with E-state index >= 15 is 0 Å². The second-order valence-corrected chi connectivity index (χ2v) is 11.1. The van der Waals surface area contributed by atoms with Crippen molar-refractivity contribution in [3.8, 4) is 0 Å². The zero-order chi connectivity index (χ0) is 21.9. The highest BCUT2D eigenvalue weighted by atomic mass is 16.6. The van der Waals surface area contributed by atoms with Crippen molar-refractivity contribution in [2.24, 2.45) is 39.9 Å². The third-order valence-corrected chi connectivity index (χ3v) is 9.25. The van der Waals surface area contributed by atoms with Crippen LogP contribution in [0.1, 0.15) is 73.1 Å². The number of hydrogen-bond acceptors (Lipinski definition) is 6. The minimum Gasteiger partial charge on any atom is -0.465 e. The van der Waals surface area contributed by atoms with Crippen LogP contribution in [-0.2, 0) is 28.6 Å². The van der Waals surface area contributed by atoms with Gasteiger partial charge in [0.25, 0.3) is 0 Å². The van der Waals surface area contributed by atoms with E-state index in [-0.39, 0.29) is 59.2 Å². The molecule has 0 bridgehead atoms. The molecule has 6 nitrogen and oxygen atoms in total. The van der Waals surface area contributed by atoms with Gasteiger partial charge in [-0.3, -0.25) is 14.4 Å². The quantitative estimate of drug-likeness (QED) is 0.509. The molecule has 3 saturated carbocycles. The van der Waals surface area contributed by atoms with Crippen LogP contribution in [0.3, 0.4) is 0 Å². The average Bonchev–Trinajstić information content (AvgIpc) is 3.02. The highest BCUT2D eigenvalue weighted by Crippen LogP contribution is 2.70. The van der Waals surface area contributed by atoms with E-state index in [4.69, 9.17) is 14.2 Å². The zero-order valence-electron chi connectivity index (χ0n) is 19.0. The maximum atomic E-state index is 12.5. The van der Waals surface area contributed by atoms with Crippen LogP contribution in [0.2, 0.25) is 0 Å². The molecule has 7 atom stereocenters. The molecule has 0 aromatic heterocycles. The van der Waals surface area contributed by atoms with Crippen LogP contribution >= 0.6 is 0 Å². The lowest BCUT2D eigenvalue weighted by Gasteiger charge is -2.67. The molecule has 0 aromatic rings. The molecule has 168 valence electrons. The van der Waals surface area contributed by atoms with E-state index in [0.29, 0.717) is 12.5 Å². The van der Waals surface area contributed by atoms with Crippen LogP contribution in [0.4, 0.5) is 0 Å². The molecule has 3 aliphatic carbocycles. The largest absolute Gasteiger partial charge is 0.465 e. The Hall–Kier alpha value is -1.59. The van der Waals surface area contributed by atoms with Gasteiger partial charge in [-0.25, -0.2) is 0 Å². The van der Waals surface area contributed by atoms with E-state index in [1.807, 2.05) is 0 Å². The lowest BCUT2D eigenvalue weighted by Crippen LogP contribution is -2.67. The van der Waals surface area contributed by atoms with Gasteiger partial charge in [-0.15, -0.1) is 0 Å². The molecule has 4 rings (SSSR count). The number of carbonyl (C=O) groups excluding carboxylic acids is 3. The Morgan fingerprint density at radius 1 is 1.07 bits per heavy atom. The molecule has 0 aromatic carbocycles. The van der Waals surface area contributed by atoms with Crippen LogP contribution in [0.5, 0.6) is 0 Å². The summed E-state index contributed by atoms with van der Waals surface area (Å²) in [6.07, 6.45) is 5.49. The Bertz CT molecular complexity index is 744. The molecule has 1 saturated heterocycles. The monoisotopic (exact) mass is 420 g/mol. The van der Waals surface area contributed by atoms with Crippen molar-refractivity contribution in [3.63, 3.8) is 0 Å². The summed E-state index contributed by atoms with van der Waals surface area (Å²) >= 11 is 0. The minimum absolute atomic E-state index is 0.0507. The SMILES string of the molecule is CC(=O)OC[C@@]12C(CC[C@H]3C(=O)OC[C@H]31)[C@@]1(C)CCCC(C)(C)[C@@H]1C[C@H]2OC(C)=O. The van der Waals surface area contributed by atoms with E-state index in [2.05, 4.69) is 20.8 Å². The molecule has 0 amide bonds. The maximum Gasteiger partial charge on any atom is 0.309 e. The van der Waals surface area contributed by atoms with Crippen molar-refractivity contribution in [1.82, 2.24) is 0 Å². The average molecular weight is 421 g/mol. The number of fused-ring (bicyclic) bond motifs is 5. The summed E-state index contributed by atoms with van der Waals surface area (Å²) in [6, 6.07) is 0. The van der Waals surface area contributed by atoms with E-state index in [9.17, 15) is 14.4 Å². The van der Waals surface area contributed by atoms with Crippen molar-refractivity contribution >= 4 is 17.9 Å². The number of ether oxygens (including phenoxy) is 3. The molecule has 6 heteroatoms. The van der Waals surface area contributed by atoms with Gasteiger partial charge in [0.1, 0.15) is 12.7 Å². The minimum atomic E-state index is -0.578. The van der Waals surface area contributed by atoms with Crippen molar-refractivity contribution < 1.29 is 28.6 Å². The molecule has 1 aliphatic heterocycles. The molecule has 0 N–H and O–H groups in total. The second-order valence-electron chi connectivity index (χ2n) is 11.1. The molecular weight excluding hydrogens is 384 g/mol. The molecule has 4 fully saturated rings. The standard InChI is InChI=1S/C24H36O6/c1-14(25)29-13-24-17-12-28-21(27)16(17)7-8-18(24)23(5)10-6-9-22(3,4)19(23)11-20(24)30-15(2)26/h16-20H,6-13H2,1-5H3/t16-,17-,18?,19+,20-,23-,24+/m1/s1. The third-order valence-electron chi connectivity index (χ3n) is 9.25. The number of esters is 3. The first-order valence-corrected chi connectivity index (χ1v) is 11.5. The van der Waals surface area contributed by atoms with Crippen molar-refractivity contribution in [3.05, 3.63) is 0 Å². The van der Waals surface area contributed by atoms with Gasteiger partial charge in [0.15, 0.2) is 0 Å². The van der Waals surface area contributed by atoms with Gasteiger partial charge in [0.2, 0.25) is 0 Å². The number of rotatable bonds is 3. The highest BCUT2D eigenvalue weighted by Gasteiger charge is 2.70. The lowest BCUT2D eigenvalue weighted by molar-refractivity contribution is -0.249. The number of hydrogen-bond donors (Lipinski definition) is 0. The summed E-state index contributed by atoms with van der Waals surface area (Å²) in [6.45, 7) is 10.5. The normalized spacial score (nSPS) is 44.2. The second kappa shape index (κ2) is 7.23. The Kier molecular flexibility index (Phi) is 5.22. The molecule has 0 spiro atoms. The number of carbonyl (C=O) groups is 3. The Balaban J connectivity index is 1.86. The van der Waals surface area contributed by atoms with Crippen LogP contribution in [0.25, 0.3) is 0 Å². The third kappa shape index (κ3) is 3.08. The van der Waals surface area contributed by atoms with E-state index in [0.717, 1.165) is 32.1 Å². The summed E-state index contributed by atoms with van der Waals surface area (Å²) in [5.41, 5.74) is -0.377. The van der Waals surface area contributed by atoms with Crippen molar-refractivity contribution in [2.75, 3.05) is 13.2 Å². The number of cyclic esters (lactones) is 1. The molecule has 4 aliphatic rings. The zero-order valence-corrected chi connectivity index (χ0v) is 19.0. The fourth-order valence-corrected chi connectivity index (χ4v) is 8.18. The van der Waals surface area contributed by atoms with Crippen molar-refractivity contribution in [1.29, 1.82) is 0 Å². The Morgan fingerprint density at radius 3 is 2.47 bits per heavy atom. The predicted octanol–water partition coefficient (Wildman–Crippen LogP) is 3.90. The van der Waals surface area contributed by atoms with Gasteiger partial charge in [-0.1, -0.05) is 27.2 Å². The first-order valence-electron chi connectivity index (χ1n) is 11.5. The maximum absolute atomic E-state index is 12.5. The molecule has 1 unspecified atom stereocenters. The fourth-order valence-electron chi connectivity index (χ4n) is 8.18. The smallest absolute Gasteiger partial charge is 0.309 e. The molecule has 30 heavy (non-hydrogen) atoms.